The molecule has 0 N–H and O–H groups in total. The number of rotatable bonds is 3. The van der Waals surface area contributed by atoms with E-state index >= 15 is 0 Å². The second-order valence-electron chi connectivity index (χ2n) is 2.87. The fourth-order valence-electron chi connectivity index (χ4n) is 1.14. The molecule has 0 radical (unpaired) electrons. The molecule has 2 heterocycles. The van der Waals surface area contributed by atoms with Crippen LogP contribution >= 0.6 is 0 Å². The molecule has 0 aromatic carbocycles. The molecule has 0 fully saturated rings. The third-order valence-electron chi connectivity index (χ3n) is 1.81. The summed E-state index contributed by atoms with van der Waals surface area (Å²) in [5.74, 6) is 0.359. The zero-order valence-corrected chi connectivity index (χ0v) is 8.78. The highest BCUT2D eigenvalue weighted by Crippen LogP contribution is 2.08. The number of fused-ring (bicyclic) bond motifs is 1. The van der Waals surface area contributed by atoms with E-state index in [2.05, 4.69) is 21.5 Å². The molecule has 0 bridgehead atoms. The molecular formula is C10H9N3OS. The molecule has 0 spiro atoms. The highest BCUT2D eigenvalue weighted by atomic mass is 32.2. The van der Waals surface area contributed by atoms with Crippen molar-refractivity contribution in [3.8, 4) is 0 Å². The Morgan fingerprint density at radius 1 is 1.47 bits per heavy atom. The zero-order chi connectivity index (χ0) is 10.7. The van der Waals surface area contributed by atoms with Gasteiger partial charge in [-0.05, 0) is 12.1 Å². The van der Waals surface area contributed by atoms with Crippen molar-refractivity contribution >= 4 is 21.8 Å². The Kier molecular flexibility index (Phi) is 2.82. The predicted octanol–water partition coefficient (Wildman–Crippen LogP) is 1.32. The summed E-state index contributed by atoms with van der Waals surface area (Å²) in [7, 11) is -1.22. The van der Waals surface area contributed by atoms with E-state index in [0.717, 1.165) is 5.39 Å². The van der Waals surface area contributed by atoms with Gasteiger partial charge in [-0.15, -0.1) is 6.58 Å². The topological polar surface area (TPSA) is 55.7 Å². The van der Waals surface area contributed by atoms with E-state index in [9.17, 15) is 4.21 Å². The Bertz CT molecular complexity index is 527. The van der Waals surface area contributed by atoms with Crippen LogP contribution in [0.3, 0.4) is 0 Å². The van der Waals surface area contributed by atoms with Crippen LogP contribution in [0.4, 0.5) is 0 Å². The van der Waals surface area contributed by atoms with Gasteiger partial charge < -0.3 is 0 Å². The molecule has 2 aromatic rings. The van der Waals surface area contributed by atoms with E-state index in [1.165, 1.54) is 0 Å². The minimum Gasteiger partial charge on any atom is -0.251 e. The number of nitrogens with zero attached hydrogens (tertiary/aromatic N) is 3. The van der Waals surface area contributed by atoms with Crippen LogP contribution < -0.4 is 0 Å². The van der Waals surface area contributed by atoms with Crippen molar-refractivity contribution in [2.75, 3.05) is 5.75 Å². The van der Waals surface area contributed by atoms with E-state index in [-0.39, 0.29) is 0 Å². The normalized spacial score (nSPS) is 12.5. The van der Waals surface area contributed by atoms with E-state index in [0.29, 0.717) is 16.6 Å². The maximum atomic E-state index is 11.6. The van der Waals surface area contributed by atoms with Crippen LogP contribution in [0.25, 0.3) is 11.0 Å². The minimum atomic E-state index is -1.22. The molecule has 2 aromatic heterocycles. The predicted molar refractivity (Wildman–Crippen MR) is 58.8 cm³/mol. The molecule has 0 aliphatic heterocycles. The van der Waals surface area contributed by atoms with E-state index < -0.39 is 10.8 Å². The van der Waals surface area contributed by atoms with Crippen LogP contribution in [0.1, 0.15) is 0 Å². The van der Waals surface area contributed by atoms with Crippen LogP contribution in [0.2, 0.25) is 0 Å². The lowest BCUT2D eigenvalue weighted by Crippen LogP contribution is -2.02. The first-order chi connectivity index (χ1) is 7.31. The summed E-state index contributed by atoms with van der Waals surface area (Å²) in [4.78, 5) is 12.2. The van der Waals surface area contributed by atoms with Gasteiger partial charge in [0, 0.05) is 23.5 Å². The molecule has 15 heavy (non-hydrogen) atoms. The van der Waals surface area contributed by atoms with Gasteiger partial charge in [-0.25, -0.2) is 15.0 Å². The summed E-state index contributed by atoms with van der Waals surface area (Å²) >= 11 is 0. The number of pyridine rings is 1. The van der Waals surface area contributed by atoms with Gasteiger partial charge in [-0.3, -0.25) is 4.21 Å². The van der Waals surface area contributed by atoms with Crippen molar-refractivity contribution in [2.45, 2.75) is 5.16 Å². The summed E-state index contributed by atoms with van der Waals surface area (Å²) < 4.78 is 11.6. The minimum absolute atomic E-state index is 0.307. The van der Waals surface area contributed by atoms with Gasteiger partial charge in [0.1, 0.15) is 0 Å². The molecule has 0 amide bonds. The standard InChI is InChI=1S/C10H9N3OS/c1-2-6-15(14)10-12-7-8-4-3-5-11-9(8)13-10/h2-5,7H,1,6H2. The van der Waals surface area contributed by atoms with E-state index in [4.69, 9.17) is 0 Å². The lowest BCUT2D eigenvalue weighted by Gasteiger charge is -1.98. The van der Waals surface area contributed by atoms with Gasteiger partial charge in [0.15, 0.2) is 5.65 Å². The van der Waals surface area contributed by atoms with Crippen LogP contribution in [-0.2, 0) is 10.8 Å². The monoisotopic (exact) mass is 219 g/mol. The molecule has 2 rings (SSSR count). The average Bonchev–Trinajstić information content (AvgIpc) is 2.29. The largest absolute Gasteiger partial charge is 0.251 e. The molecule has 0 aliphatic rings. The SMILES string of the molecule is C=CCS(=O)c1ncc2cccnc2n1. The molecule has 76 valence electrons. The maximum absolute atomic E-state index is 11.6. The first kappa shape index (κ1) is 9.92. The van der Waals surface area contributed by atoms with Gasteiger partial charge in [-0.2, -0.15) is 0 Å². The zero-order valence-electron chi connectivity index (χ0n) is 7.96. The Morgan fingerprint density at radius 2 is 2.33 bits per heavy atom. The number of hydrogen-bond acceptors (Lipinski definition) is 4. The van der Waals surface area contributed by atoms with Crippen molar-refractivity contribution in [1.82, 2.24) is 15.0 Å². The molecule has 0 aliphatic carbocycles. The van der Waals surface area contributed by atoms with E-state index in [1.807, 2.05) is 12.1 Å². The molecule has 1 unspecified atom stereocenters. The third-order valence-corrected chi connectivity index (χ3v) is 2.95. The average molecular weight is 219 g/mol. The first-order valence-electron chi connectivity index (χ1n) is 4.38. The Balaban J connectivity index is 2.46. The van der Waals surface area contributed by atoms with Crippen molar-refractivity contribution < 1.29 is 4.21 Å². The van der Waals surface area contributed by atoms with Crippen molar-refractivity contribution in [2.24, 2.45) is 0 Å². The molecule has 4 nitrogen and oxygen atoms in total. The molecular weight excluding hydrogens is 210 g/mol. The highest BCUT2D eigenvalue weighted by Gasteiger charge is 2.06. The second kappa shape index (κ2) is 4.27. The quantitative estimate of drug-likeness (QED) is 0.577. The fraction of sp³-hybridized carbons (Fsp3) is 0.100. The van der Waals surface area contributed by atoms with Gasteiger partial charge >= 0.3 is 0 Å². The molecule has 1 atom stereocenters. The third kappa shape index (κ3) is 2.07. The van der Waals surface area contributed by atoms with Crippen LogP contribution in [-0.4, -0.2) is 24.9 Å². The summed E-state index contributed by atoms with van der Waals surface area (Å²) in [5, 5.41) is 1.15. The van der Waals surface area contributed by atoms with Gasteiger partial charge in [0.2, 0.25) is 5.16 Å². The molecule has 0 saturated carbocycles. The van der Waals surface area contributed by atoms with Crippen molar-refractivity contribution in [3.05, 3.63) is 37.2 Å². The summed E-state index contributed by atoms with van der Waals surface area (Å²) in [6, 6.07) is 3.68. The highest BCUT2D eigenvalue weighted by molar-refractivity contribution is 7.85. The lowest BCUT2D eigenvalue weighted by molar-refractivity contribution is 0.678. The molecule has 5 heteroatoms. The van der Waals surface area contributed by atoms with Crippen LogP contribution in [0.5, 0.6) is 0 Å². The van der Waals surface area contributed by atoms with Gasteiger partial charge in [0.25, 0.3) is 0 Å². The van der Waals surface area contributed by atoms with Crippen LogP contribution in [0, 0.1) is 0 Å². The van der Waals surface area contributed by atoms with Gasteiger partial charge in [-0.1, -0.05) is 6.08 Å². The second-order valence-corrected chi connectivity index (χ2v) is 4.26. The van der Waals surface area contributed by atoms with Crippen molar-refractivity contribution in [3.63, 3.8) is 0 Å². The number of hydrogen-bond donors (Lipinski definition) is 0. The summed E-state index contributed by atoms with van der Waals surface area (Å²) in [5.41, 5.74) is 0.569. The van der Waals surface area contributed by atoms with Gasteiger partial charge in [0.05, 0.1) is 10.8 Å². The lowest BCUT2D eigenvalue weighted by atomic mass is 10.3. The maximum Gasteiger partial charge on any atom is 0.220 e. The number of aromatic nitrogens is 3. The van der Waals surface area contributed by atoms with Crippen LogP contribution in [0.15, 0.2) is 42.3 Å². The Hall–Kier alpha value is -1.62. The summed E-state index contributed by atoms with van der Waals surface area (Å²) in [6.07, 6.45) is 4.86. The smallest absolute Gasteiger partial charge is 0.220 e. The Morgan fingerprint density at radius 3 is 3.13 bits per heavy atom. The Labute approximate surface area is 89.6 Å². The summed E-state index contributed by atoms with van der Waals surface area (Å²) in [6.45, 7) is 3.52. The van der Waals surface area contributed by atoms with E-state index in [1.54, 1.807) is 18.5 Å². The fourth-order valence-corrected chi connectivity index (χ4v) is 1.86. The van der Waals surface area contributed by atoms with Crippen molar-refractivity contribution in [1.29, 1.82) is 0 Å². The molecule has 0 saturated heterocycles. The first-order valence-corrected chi connectivity index (χ1v) is 5.70.